The molecule has 0 aliphatic carbocycles. The van der Waals surface area contributed by atoms with Crippen LogP contribution in [0.25, 0.3) is 21.9 Å². The average Bonchev–Trinajstić information content (AvgIpc) is 2.72. The van der Waals surface area contributed by atoms with E-state index in [2.05, 4.69) is 10.5 Å². The number of nitrogens with zero attached hydrogens (tertiary/aromatic N) is 1. The van der Waals surface area contributed by atoms with E-state index >= 15 is 0 Å². The van der Waals surface area contributed by atoms with Crippen LogP contribution in [-0.4, -0.2) is 16.4 Å². The molecule has 0 saturated heterocycles. The minimum Gasteiger partial charge on any atom is -0.505 e. The zero-order valence-electron chi connectivity index (χ0n) is 14.4. The molecular weight excluding hydrogens is 422 g/mol. The van der Waals surface area contributed by atoms with E-state index < -0.39 is 22.0 Å². The number of nitrogens with one attached hydrogen (secondary N) is 1. The first-order valence-electron chi connectivity index (χ1n) is 8.21. The molecule has 0 fully saturated rings. The van der Waals surface area contributed by atoms with Crippen molar-refractivity contribution in [3.63, 3.8) is 0 Å². The first-order valence-corrected chi connectivity index (χ1v) is 8.97. The van der Waals surface area contributed by atoms with Crippen molar-refractivity contribution in [3.8, 4) is 11.5 Å². The van der Waals surface area contributed by atoms with Crippen molar-refractivity contribution in [2.24, 2.45) is 5.10 Å². The molecule has 0 radical (unpaired) electrons. The largest absolute Gasteiger partial charge is 0.505 e. The second-order valence-corrected chi connectivity index (χ2v) is 6.82. The van der Waals surface area contributed by atoms with Crippen molar-refractivity contribution in [3.05, 3.63) is 74.1 Å². The fourth-order valence-electron chi connectivity index (χ4n) is 2.84. The van der Waals surface area contributed by atoms with Gasteiger partial charge in [-0.2, -0.15) is 5.10 Å². The number of hydrogen-bond donors (Lipinski definition) is 3. The highest BCUT2D eigenvalue weighted by Gasteiger charge is 2.22. The van der Waals surface area contributed by atoms with Gasteiger partial charge < -0.3 is 14.6 Å². The maximum atomic E-state index is 13.0. The molecule has 0 unspecified atom stereocenters. The lowest BCUT2D eigenvalue weighted by Gasteiger charge is -2.09. The predicted octanol–water partition coefficient (Wildman–Crippen LogP) is 5.25. The Morgan fingerprint density at radius 1 is 1.00 bits per heavy atom. The Balaban J connectivity index is 1.87. The van der Waals surface area contributed by atoms with E-state index in [0.717, 1.165) is 0 Å². The van der Waals surface area contributed by atoms with Crippen LogP contribution in [0.1, 0.15) is 5.56 Å². The van der Waals surface area contributed by atoms with E-state index in [-0.39, 0.29) is 32.8 Å². The van der Waals surface area contributed by atoms with Gasteiger partial charge in [0.05, 0.1) is 17.3 Å². The molecule has 0 atom stereocenters. The highest BCUT2D eigenvalue weighted by atomic mass is 35.5. The molecule has 0 bridgehead atoms. The molecule has 0 saturated carbocycles. The monoisotopic (exact) mass is 432 g/mol. The van der Waals surface area contributed by atoms with Crippen LogP contribution in [-0.2, 0) is 0 Å². The van der Waals surface area contributed by atoms with Crippen LogP contribution >= 0.6 is 23.2 Å². The van der Waals surface area contributed by atoms with E-state index in [1.54, 1.807) is 12.1 Å². The van der Waals surface area contributed by atoms with Gasteiger partial charge in [0.25, 0.3) is 0 Å². The molecular formula is C20H11Cl2FN2O4. The Kier molecular flexibility index (Phi) is 4.77. The number of hydrazone groups is 1. The summed E-state index contributed by atoms with van der Waals surface area (Å²) < 4.78 is 18.7. The highest BCUT2D eigenvalue weighted by molar-refractivity contribution is 6.42. The van der Waals surface area contributed by atoms with Crippen molar-refractivity contribution >= 4 is 57.0 Å². The molecule has 146 valence electrons. The summed E-state index contributed by atoms with van der Waals surface area (Å²) in [5.41, 5.74) is 3.11. The molecule has 3 aromatic carbocycles. The van der Waals surface area contributed by atoms with Gasteiger partial charge in [-0.25, -0.2) is 4.39 Å². The quantitative estimate of drug-likeness (QED) is 0.233. The predicted molar refractivity (Wildman–Crippen MR) is 111 cm³/mol. The van der Waals surface area contributed by atoms with Gasteiger partial charge in [-0.1, -0.05) is 29.3 Å². The van der Waals surface area contributed by atoms with Crippen molar-refractivity contribution in [1.29, 1.82) is 0 Å². The van der Waals surface area contributed by atoms with Crippen LogP contribution < -0.4 is 10.9 Å². The summed E-state index contributed by atoms with van der Waals surface area (Å²) >= 11 is 11.9. The van der Waals surface area contributed by atoms with Gasteiger partial charge in [-0.15, -0.1) is 0 Å². The third-order valence-corrected chi connectivity index (χ3v) is 4.96. The number of phenolic OH excluding ortho intramolecular Hbond substituents is 2. The molecule has 0 aliphatic heterocycles. The normalized spacial score (nSPS) is 11.6. The van der Waals surface area contributed by atoms with E-state index in [4.69, 9.17) is 27.6 Å². The zero-order valence-corrected chi connectivity index (χ0v) is 15.9. The Morgan fingerprint density at radius 2 is 1.72 bits per heavy atom. The molecule has 1 heterocycles. The summed E-state index contributed by atoms with van der Waals surface area (Å²) in [5.74, 6) is -1.58. The summed E-state index contributed by atoms with van der Waals surface area (Å²) in [4.78, 5) is 12.9. The molecule has 3 N–H and O–H groups in total. The number of fused-ring (bicyclic) bond motifs is 2. The second kappa shape index (κ2) is 7.27. The Bertz CT molecular complexity index is 1350. The molecule has 1 aromatic heterocycles. The van der Waals surface area contributed by atoms with E-state index in [1.807, 2.05) is 0 Å². The minimum atomic E-state index is -0.615. The molecule has 4 rings (SSSR count). The lowest BCUT2D eigenvalue weighted by atomic mass is 10.1. The van der Waals surface area contributed by atoms with Gasteiger partial charge in [0.2, 0.25) is 5.43 Å². The molecule has 9 heteroatoms. The molecule has 6 nitrogen and oxygen atoms in total. The van der Waals surface area contributed by atoms with Crippen LogP contribution in [0.3, 0.4) is 0 Å². The number of halogens is 3. The van der Waals surface area contributed by atoms with E-state index in [1.165, 1.54) is 36.5 Å². The fraction of sp³-hybridized carbons (Fsp3) is 0. The minimum absolute atomic E-state index is 0.151. The second-order valence-electron chi connectivity index (χ2n) is 6.06. The molecule has 4 aromatic rings. The van der Waals surface area contributed by atoms with Crippen molar-refractivity contribution in [2.75, 3.05) is 5.43 Å². The van der Waals surface area contributed by atoms with Crippen molar-refractivity contribution in [1.82, 2.24) is 0 Å². The number of para-hydroxylation sites is 1. The van der Waals surface area contributed by atoms with Gasteiger partial charge in [-0.3, -0.25) is 10.2 Å². The van der Waals surface area contributed by atoms with Crippen molar-refractivity contribution < 1.29 is 19.0 Å². The smallest absolute Gasteiger partial charge is 0.204 e. The van der Waals surface area contributed by atoms with Crippen LogP contribution in [0.15, 0.2) is 56.8 Å². The zero-order chi connectivity index (χ0) is 20.7. The first-order chi connectivity index (χ1) is 13.9. The summed E-state index contributed by atoms with van der Waals surface area (Å²) in [5, 5.41) is 23.4. The fourth-order valence-corrected chi connectivity index (χ4v) is 3.30. The molecule has 0 amide bonds. The molecule has 0 aliphatic rings. The number of hydrogen-bond acceptors (Lipinski definition) is 6. The summed E-state index contributed by atoms with van der Waals surface area (Å²) in [6, 6.07) is 10.4. The lowest BCUT2D eigenvalue weighted by Crippen LogP contribution is -2.04. The van der Waals surface area contributed by atoms with Gasteiger partial charge in [-0.05, 0) is 36.4 Å². The van der Waals surface area contributed by atoms with Crippen LogP contribution in [0.4, 0.5) is 10.1 Å². The first kappa shape index (κ1) is 19.0. The molecule has 0 spiro atoms. The van der Waals surface area contributed by atoms with Gasteiger partial charge in [0.15, 0.2) is 17.1 Å². The van der Waals surface area contributed by atoms with Crippen LogP contribution in [0.5, 0.6) is 11.5 Å². The SMILES string of the molecule is O=c1c2cccc(/C=N/Nc3ccc(F)cc3)c2oc2c(Cl)c(O)c(Cl)c(O)c12. The number of anilines is 1. The van der Waals surface area contributed by atoms with Crippen molar-refractivity contribution in [2.45, 2.75) is 0 Å². The lowest BCUT2D eigenvalue weighted by molar-refractivity contribution is 0.453. The average molecular weight is 433 g/mol. The Labute approximate surface area is 172 Å². The van der Waals surface area contributed by atoms with Crippen LogP contribution in [0.2, 0.25) is 10.0 Å². The summed E-state index contributed by atoms with van der Waals surface area (Å²) in [6.07, 6.45) is 1.41. The maximum absolute atomic E-state index is 13.0. The van der Waals surface area contributed by atoms with E-state index in [9.17, 15) is 19.4 Å². The van der Waals surface area contributed by atoms with Gasteiger partial charge in [0, 0.05) is 5.56 Å². The maximum Gasteiger partial charge on any atom is 0.204 e. The summed E-state index contributed by atoms with van der Waals surface area (Å²) in [7, 11) is 0. The van der Waals surface area contributed by atoms with Gasteiger partial charge in [0.1, 0.15) is 26.8 Å². The molecule has 29 heavy (non-hydrogen) atoms. The highest BCUT2D eigenvalue weighted by Crippen LogP contribution is 2.45. The number of benzene rings is 3. The van der Waals surface area contributed by atoms with Crippen LogP contribution in [0, 0.1) is 5.82 Å². The summed E-state index contributed by atoms with van der Waals surface area (Å²) in [6.45, 7) is 0. The Morgan fingerprint density at radius 3 is 2.45 bits per heavy atom. The van der Waals surface area contributed by atoms with E-state index in [0.29, 0.717) is 11.3 Å². The number of aromatic hydroxyl groups is 2. The Hall–Kier alpha value is -3.29. The topological polar surface area (TPSA) is 95.1 Å². The standard InChI is InChI=1S/C20H11Cl2FN2O4/c21-14-17(27)13-16(26)12-3-1-2-9(19(12)29-20(13)15(22)18(14)28)8-24-25-11-6-4-10(23)5-7-11/h1-8,25,27-28H/b24-8+. The number of phenols is 2. The third-order valence-electron chi connectivity index (χ3n) is 4.25. The van der Waals surface area contributed by atoms with Gasteiger partial charge >= 0.3 is 0 Å². The third kappa shape index (κ3) is 3.24. The number of rotatable bonds is 3.